The molecule has 0 aliphatic heterocycles. The lowest BCUT2D eigenvalue weighted by atomic mass is 9.61. The van der Waals surface area contributed by atoms with E-state index in [0.29, 0.717) is 5.92 Å². The maximum atomic E-state index is 4.76. The molecule has 1 aliphatic rings. The first-order chi connectivity index (χ1) is 8.54. The van der Waals surface area contributed by atoms with Gasteiger partial charge in [0.25, 0.3) is 0 Å². The molecule has 0 aromatic rings. The molecule has 1 fully saturated rings. The van der Waals surface area contributed by atoms with E-state index in [1.165, 1.54) is 12.8 Å². The highest BCUT2D eigenvalue weighted by Gasteiger charge is 2.49. The van der Waals surface area contributed by atoms with Crippen LogP contribution in [0.25, 0.3) is 0 Å². The van der Waals surface area contributed by atoms with Gasteiger partial charge in [0.05, 0.1) is 0 Å². The van der Waals surface area contributed by atoms with E-state index in [1.54, 1.807) is 0 Å². The van der Waals surface area contributed by atoms with Crippen LogP contribution in [0.3, 0.4) is 0 Å². The highest BCUT2D eigenvalue weighted by Crippen LogP contribution is 2.53. The monoisotopic (exact) mass is 300 g/mol. The van der Waals surface area contributed by atoms with Crippen LogP contribution in [0.1, 0.15) is 25.7 Å². The van der Waals surface area contributed by atoms with Crippen LogP contribution in [-0.2, 0) is 0 Å². The molecule has 0 aromatic heterocycles. The van der Waals surface area contributed by atoms with Gasteiger partial charge in [0, 0.05) is 21.2 Å². The molecule has 1 saturated carbocycles. The summed E-state index contributed by atoms with van der Waals surface area (Å²) in [5, 5.41) is 0.394. The molecule has 0 nitrogen and oxygen atoms in total. The molecule has 1 rings (SSSR count). The summed E-state index contributed by atoms with van der Waals surface area (Å²) < 4.78 is 0. The maximum absolute atomic E-state index is 4.76. The average Bonchev–Trinajstić information content (AvgIpc) is 2.44. The Kier molecular flexibility index (Phi) is 6.49. The van der Waals surface area contributed by atoms with Crippen LogP contribution in [0.2, 0.25) is 0 Å². The Balaban J connectivity index is 3.21. The van der Waals surface area contributed by atoms with Gasteiger partial charge in [0.2, 0.25) is 0 Å². The van der Waals surface area contributed by atoms with Crippen molar-refractivity contribution in [3.05, 3.63) is 38.0 Å². The average molecular weight is 301 g/mol. The second kappa shape index (κ2) is 7.16. The van der Waals surface area contributed by atoms with Crippen molar-refractivity contribution in [3.8, 4) is 0 Å². The zero-order valence-corrected chi connectivity index (χ0v) is 13.5. The van der Waals surface area contributed by atoms with Crippen molar-refractivity contribution >= 4 is 37.9 Å². The van der Waals surface area contributed by atoms with Gasteiger partial charge in [0.15, 0.2) is 0 Å². The molecule has 4 atom stereocenters. The molecule has 0 bridgehead atoms. The van der Waals surface area contributed by atoms with E-state index in [4.69, 9.17) is 37.9 Å². The summed E-state index contributed by atoms with van der Waals surface area (Å²) in [6.07, 6.45) is 10.5. The Hall–Kier alpha value is 0.270. The molecule has 102 valence electrons. The third-order valence-corrected chi connectivity index (χ3v) is 6.22. The summed E-state index contributed by atoms with van der Waals surface area (Å²) in [7, 11) is 0. The zero-order chi connectivity index (χ0) is 13.8. The van der Waals surface area contributed by atoms with E-state index < -0.39 is 0 Å². The minimum absolute atomic E-state index is 0.0193. The first-order valence-electron chi connectivity index (χ1n) is 6.46. The summed E-state index contributed by atoms with van der Waals surface area (Å²) in [4.78, 5) is 0. The Morgan fingerprint density at radius 3 is 1.94 bits per heavy atom. The first-order valence-corrected chi connectivity index (χ1v) is 8.01. The third-order valence-electron chi connectivity index (χ3n) is 4.27. The van der Waals surface area contributed by atoms with Crippen LogP contribution < -0.4 is 0 Å². The van der Waals surface area contributed by atoms with Crippen LogP contribution in [0.15, 0.2) is 38.0 Å². The normalized spacial score (nSPS) is 33.2. The molecule has 0 spiro atoms. The number of thiol groups is 3. The van der Waals surface area contributed by atoms with Crippen molar-refractivity contribution in [1.29, 1.82) is 0 Å². The van der Waals surface area contributed by atoms with E-state index >= 15 is 0 Å². The Morgan fingerprint density at radius 1 is 0.944 bits per heavy atom. The van der Waals surface area contributed by atoms with Crippen molar-refractivity contribution in [3.63, 3.8) is 0 Å². The van der Waals surface area contributed by atoms with Crippen molar-refractivity contribution in [1.82, 2.24) is 0 Å². The SMILES string of the molecule is C=CC(S)C1CCCCC1(C(S)C=C)C(S)C=C. The smallest absolute Gasteiger partial charge is 0.0267 e. The van der Waals surface area contributed by atoms with Crippen molar-refractivity contribution in [2.24, 2.45) is 11.3 Å². The van der Waals surface area contributed by atoms with Crippen molar-refractivity contribution in [2.45, 2.75) is 41.4 Å². The van der Waals surface area contributed by atoms with Crippen LogP contribution in [0.5, 0.6) is 0 Å². The van der Waals surface area contributed by atoms with Gasteiger partial charge in [-0.15, -0.1) is 19.7 Å². The van der Waals surface area contributed by atoms with E-state index in [2.05, 4.69) is 19.7 Å². The fourth-order valence-corrected chi connectivity index (χ4v) is 4.76. The summed E-state index contributed by atoms with van der Waals surface area (Å²) in [6, 6.07) is 0. The predicted octanol–water partition coefficient (Wildman–Crippen LogP) is 4.62. The number of hydrogen-bond donors (Lipinski definition) is 3. The van der Waals surface area contributed by atoms with Gasteiger partial charge in [-0.2, -0.15) is 37.9 Å². The Morgan fingerprint density at radius 2 is 1.50 bits per heavy atom. The van der Waals surface area contributed by atoms with E-state index in [0.717, 1.165) is 12.8 Å². The van der Waals surface area contributed by atoms with Gasteiger partial charge in [-0.3, -0.25) is 0 Å². The molecule has 0 N–H and O–H groups in total. The van der Waals surface area contributed by atoms with E-state index in [-0.39, 0.29) is 21.2 Å². The first kappa shape index (κ1) is 16.3. The quantitative estimate of drug-likeness (QED) is 0.463. The van der Waals surface area contributed by atoms with Gasteiger partial charge in [-0.1, -0.05) is 31.1 Å². The second-order valence-corrected chi connectivity index (χ2v) is 6.76. The summed E-state index contributed by atoms with van der Waals surface area (Å²) in [5.74, 6) is 0.424. The summed E-state index contributed by atoms with van der Waals surface area (Å²) in [5.41, 5.74) is -0.0193. The minimum atomic E-state index is -0.0193. The van der Waals surface area contributed by atoms with E-state index in [1.807, 2.05) is 18.2 Å². The molecule has 0 amide bonds. The molecule has 0 aromatic carbocycles. The van der Waals surface area contributed by atoms with Gasteiger partial charge in [0.1, 0.15) is 0 Å². The molecule has 3 heteroatoms. The highest BCUT2D eigenvalue weighted by molar-refractivity contribution is 7.82. The highest BCUT2D eigenvalue weighted by atomic mass is 32.1. The largest absolute Gasteiger partial charge is 0.171 e. The van der Waals surface area contributed by atoms with Crippen LogP contribution in [0.4, 0.5) is 0 Å². The summed E-state index contributed by atoms with van der Waals surface area (Å²) in [6.45, 7) is 11.7. The molecule has 4 unspecified atom stereocenters. The number of rotatable bonds is 6. The molecular formula is C15H24S3. The lowest BCUT2D eigenvalue weighted by Crippen LogP contribution is -2.50. The van der Waals surface area contributed by atoms with Gasteiger partial charge < -0.3 is 0 Å². The Bertz CT molecular complexity index is 297. The standard InChI is InChI=1S/C15H24S3/c1-4-12(16)11-9-7-8-10-15(11,13(17)5-2)14(18)6-3/h4-6,11-14,16-18H,1-3,7-10H2. The lowest BCUT2D eigenvalue weighted by Gasteiger charge is -2.51. The summed E-state index contributed by atoms with van der Waals surface area (Å²) >= 11 is 14.2. The fraction of sp³-hybridized carbons (Fsp3) is 0.600. The zero-order valence-electron chi connectivity index (χ0n) is 10.8. The fourth-order valence-electron chi connectivity index (χ4n) is 3.25. The third kappa shape index (κ3) is 2.88. The molecule has 0 saturated heterocycles. The minimum Gasteiger partial charge on any atom is -0.171 e. The maximum Gasteiger partial charge on any atom is 0.0267 e. The van der Waals surface area contributed by atoms with Gasteiger partial charge in [-0.05, 0) is 18.8 Å². The van der Waals surface area contributed by atoms with Crippen LogP contribution >= 0.6 is 37.9 Å². The molecule has 0 radical (unpaired) electrons. The molecule has 0 heterocycles. The predicted molar refractivity (Wildman–Crippen MR) is 93.3 cm³/mol. The van der Waals surface area contributed by atoms with Crippen LogP contribution in [0, 0.1) is 11.3 Å². The van der Waals surface area contributed by atoms with Crippen molar-refractivity contribution in [2.75, 3.05) is 0 Å². The Labute approximate surface area is 128 Å². The van der Waals surface area contributed by atoms with Crippen LogP contribution in [-0.4, -0.2) is 15.7 Å². The topological polar surface area (TPSA) is 0 Å². The lowest BCUT2D eigenvalue weighted by molar-refractivity contribution is 0.118. The molecule has 18 heavy (non-hydrogen) atoms. The molecular weight excluding hydrogens is 276 g/mol. The number of hydrogen-bond acceptors (Lipinski definition) is 3. The molecule has 1 aliphatic carbocycles. The van der Waals surface area contributed by atoms with Crippen molar-refractivity contribution < 1.29 is 0 Å². The van der Waals surface area contributed by atoms with E-state index in [9.17, 15) is 0 Å². The van der Waals surface area contributed by atoms with Gasteiger partial charge >= 0.3 is 0 Å². The van der Waals surface area contributed by atoms with Gasteiger partial charge in [-0.25, -0.2) is 0 Å². The second-order valence-electron chi connectivity index (χ2n) is 5.05.